The second-order valence-corrected chi connectivity index (χ2v) is 7.95. The smallest absolute Gasteiger partial charge is 0.248 e. The number of carbonyl (C=O) groups is 1. The van der Waals surface area contributed by atoms with E-state index in [0.717, 1.165) is 11.1 Å². The molecular formula is C25H21N3O4. The van der Waals surface area contributed by atoms with Gasteiger partial charge in [-0.3, -0.25) is 19.9 Å². The first kappa shape index (κ1) is 19.9. The molecular weight excluding hydrogens is 406 g/mol. The van der Waals surface area contributed by atoms with Crippen molar-refractivity contribution in [3.05, 3.63) is 111 Å². The van der Waals surface area contributed by atoms with Crippen LogP contribution in [0.2, 0.25) is 0 Å². The molecule has 3 aromatic rings. The first-order chi connectivity index (χ1) is 15.6. The third kappa shape index (κ3) is 3.13. The van der Waals surface area contributed by atoms with Crippen LogP contribution < -0.4 is 4.74 Å². The quantitative estimate of drug-likeness (QED) is 0.348. The molecule has 0 aliphatic carbocycles. The minimum absolute atomic E-state index is 0.183. The Labute approximate surface area is 185 Å². The summed E-state index contributed by atoms with van der Waals surface area (Å²) in [6.07, 6.45) is 1.69. The highest BCUT2D eigenvalue weighted by Gasteiger charge is 2.60. The molecule has 5 rings (SSSR count). The Kier molecular flexibility index (Phi) is 4.93. The zero-order valence-corrected chi connectivity index (χ0v) is 17.4. The minimum Gasteiger partial charge on any atom is -0.497 e. The van der Waals surface area contributed by atoms with Gasteiger partial charge in [-0.1, -0.05) is 66.7 Å². The molecule has 2 aliphatic rings. The van der Waals surface area contributed by atoms with E-state index in [4.69, 9.17) is 4.74 Å². The Bertz CT molecular complexity index is 1190. The number of hydrogen-bond acceptors (Lipinski definition) is 6. The van der Waals surface area contributed by atoms with Crippen LogP contribution in [0.25, 0.3) is 0 Å². The van der Waals surface area contributed by atoms with E-state index in [1.54, 1.807) is 66.9 Å². The summed E-state index contributed by atoms with van der Waals surface area (Å²) < 4.78 is 5.26. The number of hydrogen-bond donors (Lipinski definition) is 0. The van der Waals surface area contributed by atoms with Crippen molar-refractivity contribution in [3.63, 3.8) is 0 Å². The van der Waals surface area contributed by atoms with Crippen molar-refractivity contribution in [1.82, 2.24) is 5.01 Å². The number of methoxy groups -OCH3 is 1. The van der Waals surface area contributed by atoms with Crippen molar-refractivity contribution in [2.24, 2.45) is 5.10 Å². The molecule has 7 nitrogen and oxygen atoms in total. The summed E-state index contributed by atoms with van der Waals surface area (Å²) in [5, 5.41) is 18.7. The summed E-state index contributed by atoms with van der Waals surface area (Å²) >= 11 is 0. The monoisotopic (exact) mass is 427 g/mol. The average molecular weight is 427 g/mol. The van der Waals surface area contributed by atoms with Crippen LogP contribution >= 0.6 is 0 Å². The van der Waals surface area contributed by atoms with Gasteiger partial charge in [-0.2, -0.15) is 5.10 Å². The number of ketones is 1. The Morgan fingerprint density at radius 1 is 1.00 bits per heavy atom. The van der Waals surface area contributed by atoms with Gasteiger partial charge in [0.1, 0.15) is 17.8 Å². The molecule has 1 fully saturated rings. The molecule has 4 atom stereocenters. The van der Waals surface area contributed by atoms with Gasteiger partial charge in [0, 0.05) is 16.1 Å². The van der Waals surface area contributed by atoms with Gasteiger partial charge in [0.2, 0.25) is 6.04 Å². The summed E-state index contributed by atoms with van der Waals surface area (Å²) in [5.74, 6) is -0.217. The Hall–Kier alpha value is -4.00. The van der Waals surface area contributed by atoms with Crippen LogP contribution in [0, 0.1) is 10.1 Å². The van der Waals surface area contributed by atoms with Gasteiger partial charge in [-0.05, 0) is 23.3 Å². The molecule has 1 saturated heterocycles. The van der Waals surface area contributed by atoms with E-state index in [0.29, 0.717) is 16.9 Å². The van der Waals surface area contributed by atoms with Crippen LogP contribution in [-0.2, 0) is 0 Å². The fourth-order valence-electron chi connectivity index (χ4n) is 4.88. The van der Waals surface area contributed by atoms with Crippen LogP contribution in [0.5, 0.6) is 5.75 Å². The highest BCUT2D eigenvalue weighted by molar-refractivity contribution is 6.01. The Balaban J connectivity index is 1.69. The number of fused-ring (bicyclic) bond motifs is 3. The highest BCUT2D eigenvalue weighted by Crippen LogP contribution is 2.49. The number of ether oxygens (including phenoxy) is 1. The number of nitro groups is 1. The van der Waals surface area contributed by atoms with E-state index in [-0.39, 0.29) is 10.7 Å². The van der Waals surface area contributed by atoms with Crippen molar-refractivity contribution < 1.29 is 14.5 Å². The summed E-state index contributed by atoms with van der Waals surface area (Å²) in [6.45, 7) is 0. The van der Waals surface area contributed by atoms with Gasteiger partial charge in [-0.25, -0.2) is 0 Å². The van der Waals surface area contributed by atoms with Crippen LogP contribution in [0.15, 0.2) is 84.0 Å². The van der Waals surface area contributed by atoms with Crippen molar-refractivity contribution in [1.29, 1.82) is 0 Å². The van der Waals surface area contributed by atoms with Crippen LogP contribution in [0.3, 0.4) is 0 Å². The molecule has 2 heterocycles. The van der Waals surface area contributed by atoms with E-state index in [2.05, 4.69) is 5.10 Å². The molecule has 0 spiro atoms. The lowest BCUT2D eigenvalue weighted by atomic mass is 9.82. The Morgan fingerprint density at radius 3 is 2.38 bits per heavy atom. The van der Waals surface area contributed by atoms with Gasteiger partial charge in [0.15, 0.2) is 5.78 Å². The standard InChI is InChI=1S/C25H21N3O4/c1-32-19-13-11-16(12-14-19)21-23(28(30)31)22-20-10-6-5-9-18(20)15-26-27(22)24(21)25(29)17-7-3-2-4-8-17/h2-15,21-24H,1H3/t21-,22-,23-,24+/m0/s1. The molecule has 0 saturated carbocycles. The molecule has 0 radical (unpaired) electrons. The third-order valence-electron chi connectivity index (χ3n) is 6.32. The second kappa shape index (κ2) is 7.92. The summed E-state index contributed by atoms with van der Waals surface area (Å²) in [6, 6.07) is 21.1. The molecule has 160 valence electrons. The SMILES string of the molecule is COc1ccc([C@H]2[C@H]([N+](=O)[O-])[C@@H]3c4ccccc4C=NN3[C@H]2C(=O)c2ccccc2)cc1. The lowest BCUT2D eigenvalue weighted by Gasteiger charge is -2.30. The van der Waals surface area contributed by atoms with Crippen molar-refractivity contribution in [2.45, 2.75) is 24.0 Å². The predicted octanol–water partition coefficient (Wildman–Crippen LogP) is 4.08. The van der Waals surface area contributed by atoms with E-state index in [9.17, 15) is 14.9 Å². The number of hydrazone groups is 1. The lowest BCUT2D eigenvalue weighted by molar-refractivity contribution is -0.529. The number of Topliss-reactive ketones (excluding diaryl/α,β-unsaturated/α-hetero) is 1. The molecule has 7 heteroatoms. The number of rotatable bonds is 5. The highest BCUT2D eigenvalue weighted by atomic mass is 16.6. The van der Waals surface area contributed by atoms with E-state index in [1.165, 1.54) is 0 Å². The van der Waals surface area contributed by atoms with Crippen molar-refractivity contribution in [3.8, 4) is 5.75 Å². The Morgan fingerprint density at radius 2 is 1.69 bits per heavy atom. The van der Waals surface area contributed by atoms with Gasteiger partial charge in [0.25, 0.3) is 0 Å². The summed E-state index contributed by atoms with van der Waals surface area (Å²) in [7, 11) is 1.57. The zero-order valence-electron chi connectivity index (χ0n) is 17.4. The molecule has 0 N–H and O–H groups in total. The second-order valence-electron chi connectivity index (χ2n) is 7.95. The van der Waals surface area contributed by atoms with E-state index in [1.807, 2.05) is 30.3 Å². The molecule has 0 aromatic heterocycles. The fourth-order valence-corrected chi connectivity index (χ4v) is 4.88. The maximum absolute atomic E-state index is 13.7. The third-order valence-corrected chi connectivity index (χ3v) is 6.32. The van der Waals surface area contributed by atoms with Crippen LogP contribution in [0.1, 0.15) is 39.0 Å². The molecule has 3 aromatic carbocycles. The van der Waals surface area contributed by atoms with Gasteiger partial charge < -0.3 is 4.74 Å². The largest absolute Gasteiger partial charge is 0.497 e. The molecule has 0 unspecified atom stereocenters. The fraction of sp³-hybridized carbons (Fsp3) is 0.200. The number of nitrogens with zero attached hydrogens (tertiary/aromatic N) is 3. The topological polar surface area (TPSA) is 85.0 Å². The van der Waals surface area contributed by atoms with Crippen LogP contribution in [0.4, 0.5) is 0 Å². The maximum atomic E-state index is 13.7. The van der Waals surface area contributed by atoms with Gasteiger partial charge >= 0.3 is 0 Å². The molecule has 32 heavy (non-hydrogen) atoms. The first-order valence-electron chi connectivity index (χ1n) is 10.4. The van der Waals surface area contributed by atoms with Gasteiger partial charge in [-0.15, -0.1) is 0 Å². The van der Waals surface area contributed by atoms with Gasteiger partial charge in [0.05, 0.1) is 19.2 Å². The first-order valence-corrected chi connectivity index (χ1v) is 10.4. The summed E-state index contributed by atoms with van der Waals surface area (Å²) in [4.78, 5) is 25.9. The average Bonchev–Trinajstić information content (AvgIpc) is 3.20. The summed E-state index contributed by atoms with van der Waals surface area (Å²) in [5.41, 5.74) is 2.87. The van der Waals surface area contributed by atoms with Crippen molar-refractivity contribution in [2.75, 3.05) is 7.11 Å². The molecule has 2 aliphatic heterocycles. The normalized spacial score (nSPS) is 23.3. The minimum atomic E-state index is -1.04. The number of carbonyl (C=O) groups excluding carboxylic acids is 1. The molecule has 0 bridgehead atoms. The maximum Gasteiger partial charge on any atom is 0.248 e. The van der Waals surface area contributed by atoms with Crippen molar-refractivity contribution >= 4 is 12.0 Å². The van der Waals surface area contributed by atoms with Crippen LogP contribution in [-0.4, -0.2) is 41.1 Å². The van der Waals surface area contributed by atoms with E-state index < -0.39 is 24.0 Å². The predicted molar refractivity (Wildman–Crippen MR) is 120 cm³/mol. The zero-order chi connectivity index (χ0) is 22.2. The lowest BCUT2D eigenvalue weighted by Crippen LogP contribution is -2.38. The van der Waals surface area contributed by atoms with E-state index >= 15 is 0 Å². The molecule has 0 amide bonds. The number of benzene rings is 3.